The maximum atomic E-state index is 9.83. The van der Waals surface area contributed by atoms with Crippen LogP contribution >= 0.6 is 11.3 Å². The fraction of sp³-hybridized carbons (Fsp3) is 0.167. The molecule has 2 N–H and O–H groups in total. The van der Waals surface area contributed by atoms with E-state index in [1.165, 1.54) is 10.1 Å². The van der Waals surface area contributed by atoms with Crippen LogP contribution in [0.25, 0.3) is 16.2 Å². The molecule has 0 aliphatic heterocycles. The van der Waals surface area contributed by atoms with Crippen molar-refractivity contribution in [3.63, 3.8) is 0 Å². The standard InChI is InChI=1S/C12H10O2S/c13-10-4-3-9-8(11(10)14)2-1-7-5-6-15-12(7)9/h1-6,10-11,13-14H/t10-,11-/m1/s1. The number of hydrogen-bond acceptors (Lipinski definition) is 3. The van der Waals surface area contributed by atoms with Gasteiger partial charge >= 0.3 is 0 Å². The molecule has 3 heteroatoms. The van der Waals surface area contributed by atoms with Crippen LogP contribution in [0.1, 0.15) is 17.2 Å². The van der Waals surface area contributed by atoms with E-state index in [0.29, 0.717) is 0 Å². The monoisotopic (exact) mass is 218 g/mol. The van der Waals surface area contributed by atoms with E-state index in [4.69, 9.17) is 0 Å². The van der Waals surface area contributed by atoms with Gasteiger partial charge in [-0.05, 0) is 28.0 Å². The Labute approximate surface area is 91.1 Å². The lowest BCUT2D eigenvalue weighted by molar-refractivity contribution is 0.0471. The molecule has 2 nitrogen and oxygen atoms in total. The molecule has 1 aromatic carbocycles. The van der Waals surface area contributed by atoms with Crippen molar-refractivity contribution >= 4 is 27.5 Å². The van der Waals surface area contributed by atoms with Crippen molar-refractivity contribution in [1.82, 2.24) is 0 Å². The van der Waals surface area contributed by atoms with Gasteiger partial charge in [0.05, 0.1) is 0 Å². The Morgan fingerprint density at radius 2 is 2.00 bits per heavy atom. The fourth-order valence-electron chi connectivity index (χ4n) is 1.98. The summed E-state index contributed by atoms with van der Waals surface area (Å²) in [6.45, 7) is 0. The predicted molar refractivity (Wildman–Crippen MR) is 61.8 cm³/mol. The van der Waals surface area contributed by atoms with Crippen molar-refractivity contribution in [2.75, 3.05) is 0 Å². The first-order valence-electron chi connectivity index (χ1n) is 4.82. The molecule has 1 aromatic heterocycles. The molecule has 0 bridgehead atoms. The minimum atomic E-state index is -0.795. The van der Waals surface area contributed by atoms with Gasteiger partial charge in [0.2, 0.25) is 0 Å². The van der Waals surface area contributed by atoms with Gasteiger partial charge in [-0.25, -0.2) is 0 Å². The highest BCUT2D eigenvalue weighted by molar-refractivity contribution is 7.17. The summed E-state index contributed by atoms with van der Waals surface area (Å²) in [6.07, 6.45) is 1.96. The molecule has 0 amide bonds. The van der Waals surface area contributed by atoms with Gasteiger partial charge in [-0.15, -0.1) is 11.3 Å². The second-order valence-electron chi connectivity index (χ2n) is 3.70. The van der Waals surface area contributed by atoms with Crippen molar-refractivity contribution in [3.8, 4) is 0 Å². The van der Waals surface area contributed by atoms with Crippen molar-refractivity contribution in [2.45, 2.75) is 12.2 Å². The summed E-state index contributed by atoms with van der Waals surface area (Å²) in [5.41, 5.74) is 1.86. The van der Waals surface area contributed by atoms with Crippen LogP contribution in [0.2, 0.25) is 0 Å². The van der Waals surface area contributed by atoms with Gasteiger partial charge in [-0.3, -0.25) is 0 Å². The highest BCUT2D eigenvalue weighted by Crippen LogP contribution is 2.35. The maximum Gasteiger partial charge on any atom is 0.109 e. The molecule has 1 aliphatic carbocycles. The normalized spacial score (nSPS) is 24.4. The quantitative estimate of drug-likeness (QED) is 0.712. The molecule has 0 unspecified atom stereocenters. The summed E-state index contributed by atoms with van der Waals surface area (Å²) in [6, 6.07) is 5.94. The van der Waals surface area contributed by atoms with E-state index in [0.717, 1.165) is 11.1 Å². The van der Waals surface area contributed by atoms with Gasteiger partial charge < -0.3 is 10.2 Å². The molecular weight excluding hydrogens is 208 g/mol. The number of aliphatic hydroxyl groups excluding tert-OH is 2. The van der Waals surface area contributed by atoms with E-state index in [9.17, 15) is 10.2 Å². The molecule has 0 fully saturated rings. The lowest BCUT2D eigenvalue weighted by Gasteiger charge is -2.21. The average Bonchev–Trinajstić information content (AvgIpc) is 2.71. The van der Waals surface area contributed by atoms with Crippen LogP contribution < -0.4 is 0 Å². The van der Waals surface area contributed by atoms with Crippen molar-refractivity contribution in [1.29, 1.82) is 0 Å². The fourth-order valence-corrected chi connectivity index (χ4v) is 2.92. The molecule has 0 saturated carbocycles. The van der Waals surface area contributed by atoms with Gasteiger partial charge in [0, 0.05) is 4.70 Å². The SMILES string of the molecule is O[C@@H]1C=Cc2c(ccc3ccsc23)[C@H]1O. The zero-order valence-electron chi connectivity index (χ0n) is 7.92. The number of aliphatic hydroxyl groups is 2. The third kappa shape index (κ3) is 1.24. The first kappa shape index (κ1) is 9.09. The topological polar surface area (TPSA) is 40.5 Å². The number of rotatable bonds is 0. The van der Waals surface area contributed by atoms with Crippen LogP contribution in [0.5, 0.6) is 0 Å². The summed E-state index contributed by atoms with van der Waals surface area (Å²) in [5.74, 6) is 0. The molecule has 0 spiro atoms. The molecule has 76 valence electrons. The summed E-state index contributed by atoms with van der Waals surface area (Å²) in [7, 11) is 0. The Kier molecular flexibility index (Phi) is 1.92. The first-order chi connectivity index (χ1) is 7.27. The minimum absolute atomic E-state index is 0.782. The van der Waals surface area contributed by atoms with E-state index < -0.39 is 12.2 Å². The van der Waals surface area contributed by atoms with Gasteiger partial charge in [-0.2, -0.15) is 0 Å². The van der Waals surface area contributed by atoms with Crippen LogP contribution in [0.3, 0.4) is 0 Å². The van der Waals surface area contributed by atoms with Crippen LogP contribution in [0.15, 0.2) is 29.7 Å². The van der Waals surface area contributed by atoms with Crippen LogP contribution in [-0.4, -0.2) is 16.3 Å². The molecule has 2 atom stereocenters. The zero-order chi connectivity index (χ0) is 10.4. The zero-order valence-corrected chi connectivity index (χ0v) is 8.74. The lowest BCUT2D eigenvalue weighted by atomic mass is 9.92. The molecule has 1 heterocycles. The summed E-state index contributed by atoms with van der Waals surface area (Å²) >= 11 is 1.66. The van der Waals surface area contributed by atoms with E-state index in [2.05, 4.69) is 6.07 Å². The van der Waals surface area contributed by atoms with E-state index in [1.54, 1.807) is 17.4 Å². The molecule has 0 radical (unpaired) electrons. The van der Waals surface area contributed by atoms with Crippen LogP contribution in [0.4, 0.5) is 0 Å². The van der Waals surface area contributed by atoms with Gasteiger partial charge in [-0.1, -0.05) is 24.3 Å². The Balaban J connectivity index is 2.34. The molecule has 15 heavy (non-hydrogen) atoms. The second kappa shape index (κ2) is 3.17. The third-order valence-corrected chi connectivity index (χ3v) is 3.76. The van der Waals surface area contributed by atoms with Crippen molar-refractivity contribution < 1.29 is 10.2 Å². The van der Waals surface area contributed by atoms with Crippen molar-refractivity contribution in [3.05, 3.63) is 40.8 Å². The smallest absolute Gasteiger partial charge is 0.109 e. The lowest BCUT2D eigenvalue weighted by Crippen LogP contribution is -2.19. The second-order valence-corrected chi connectivity index (χ2v) is 4.62. The minimum Gasteiger partial charge on any atom is -0.386 e. The number of thiophene rings is 1. The Hall–Kier alpha value is -1.16. The van der Waals surface area contributed by atoms with Crippen LogP contribution in [0, 0.1) is 0 Å². The molecule has 3 rings (SSSR count). The van der Waals surface area contributed by atoms with Crippen molar-refractivity contribution in [2.24, 2.45) is 0 Å². The molecule has 1 aliphatic rings. The highest BCUT2D eigenvalue weighted by Gasteiger charge is 2.23. The summed E-state index contributed by atoms with van der Waals surface area (Å²) < 4.78 is 1.18. The summed E-state index contributed by atoms with van der Waals surface area (Å²) in [5, 5.41) is 22.6. The number of hydrogen-bond donors (Lipinski definition) is 2. The Bertz CT molecular complexity index is 542. The predicted octanol–water partition coefficient (Wildman–Crippen LogP) is 2.32. The molecule has 2 aromatic rings. The van der Waals surface area contributed by atoms with Crippen LogP contribution in [-0.2, 0) is 0 Å². The third-order valence-electron chi connectivity index (χ3n) is 2.80. The van der Waals surface area contributed by atoms with E-state index in [-0.39, 0.29) is 0 Å². The Morgan fingerprint density at radius 1 is 1.13 bits per heavy atom. The largest absolute Gasteiger partial charge is 0.386 e. The number of fused-ring (bicyclic) bond motifs is 3. The van der Waals surface area contributed by atoms with Gasteiger partial charge in [0.25, 0.3) is 0 Å². The van der Waals surface area contributed by atoms with E-state index in [1.807, 2.05) is 23.6 Å². The van der Waals surface area contributed by atoms with Gasteiger partial charge in [0.1, 0.15) is 12.2 Å². The average molecular weight is 218 g/mol. The Morgan fingerprint density at radius 3 is 2.87 bits per heavy atom. The van der Waals surface area contributed by atoms with E-state index >= 15 is 0 Å². The molecular formula is C12H10O2S. The van der Waals surface area contributed by atoms with Gasteiger partial charge in [0.15, 0.2) is 0 Å². The first-order valence-corrected chi connectivity index (χ1v) is 5.70. The highest BCUT2D eigenvalue weighted by atomic mass is 32.1. The number of benzene rings is 1. The summed E-state index contributed by atoms with van der Waals surface area (Å²) in [4.78, 5) is 0. The maximum absolute atomic E-state index is 9.83. The molecule has 0 saturated heterocycles.